The first-order valence-corrected chi connectivity index (χ1v) is 6.99. The van der Waals surface area contributed by atoms with E-state index in [1.165, 1.54) is 0 Å². The molecule has 1 saturated heterocycles. The number of para-hydroxylation sites is 2. The third-order valence-corrected chi connectivity index (χ3v) is 3.84. The number of amides is 1. The number of nitrogens with one attached hydrogen (secondary N) is 1. The lowest BCUT2D eigenvalue weighted by Crippen LogP contribution is -2.27. The number of aromatic amines is 1. The molecule has 0 saturated carbocycles. The molecule has 1 aliphatic rings. The molecule has 94 valence electrons. The minimum atomic E-state index is 0.230. The number of imidazole rings is 1. The van der Waals surface area contributed by atoms with Gasteiger partial charge in [-0.05, 0) is 12.1 Å². The van der Waals surface area contributed by atoms with E-state index in [1.807, 2.05) is 29.2 Å². The Morgan fingerprint density at radius 3 is 3.00 bits per heavy atom. The second kappa shape index (κ2) is 4.72. The average Bonchev–Trinajstić information content (AvgIpc) is 2.89. The van der Waals surface area contributed by atoms with Crippen LogP contribution in [0.2, 0.25) is 0 Å². The van der Waals surface area contributed by atoms with Crippen LogP contribution >= 0.6 is 15.9 Å². The molecule has 2 aromatic rings. The molecule has 2 heterocycles. The van der Waals surface area contributed by atoms with Crippen molar-refractivity contribution < 1.29 is 4.79 Å². The number of aromatic nitrogens is 2. The monoisotopic (exact) mass is 307 g/mol. The molecule has 1 unspecified atom stereocenters. The molecule has 1 aromatic heterocycles. The molecule has 5 heteroatoms. The summed E-state index contributed by atoms with van der Waals surface area (Å²) in [6.07, 6.45) is 1.39. The van der Waals surface area contributed by atoms with Gasteiger partial charge in [-0.1, -0.05) is 28.1 Å². The summed E-state index contributed by atoms with van der Waals surface area (Å²) in [7, 11) is 0. The molecule has 1 aliphatic heterocycles. The van der Waals surface area contributed by atoms with Crippen molar-refractivity contribution >= 4 is 32.9 Å². The van der Waals surface area contributed by atoms with Gasteiger partial charge in [-0.15, -0.1) is 0 Å². The summed E-state index contributed by atoms with van der Waals surface area (Å²) in [4.78, 5) is 21.6. The van der Waals surface area contributed by atoms with Crippen LogP contribution in [0.3, 0.4) is 0 Å². The Bertz CT molecular complexity index is 547. The maximum atomic E-state index is 11.6. The predicted octanol–water partition coefficient (Wildman–Crippen LogP) is 2.10. The van der Waals surface area contributed by atoms with Crippen LogP contribution in [0, 0.1) is 0 Å². The summed E-state index contributed by atoms with van der Waals surface area (Å²) in [5.74, 6) is 1.18. The number of carbonyl (C=O) groups is 1. The fourth-order valence-corrected chi connectivity index (χ4v) is 2.93. The number of halogens is 1. The largest absolute Gasteiger partial charge is 0.342 e. The van der Waals surface area contributed by atoms with E-state index < -0.39 is 0 Å². The first-order valence-electron chi connectivity index (χ1n) is 6.08. The highest BCUT2D eigenvalue weighted by Gasteiger charge is 2.27. The number of rotatable bonds is 3. The lowest BCUT2D eigenvalue weighted by molar-refractivity contribution is -0.127. The molecule has 0 bridgehead atoms. The lowest BCUT2D eigenvalue weighted by Gasteiger charge is -2.14. The van der Waals surface area contributed by atoms with Gasteiger partial charge in [-0.2, -0.15) is 0 Å². The summed E-state index contributed by atoms with van der Waals surface area (Å²) < 4.78 is 0. The topological polar surface area (TPSA) is 49.0 Å². The molecule has 1 atom stereocenters. The van der Waals surface area contributed by atoms with E-state index in [1.54, 1.807) is 0 Å². The van der Waals surface area contributed by atoms with Crippen molar-refractivity contribution in [2.45, 2.75) is 17.7 Å². The van der Waals surface area contributed by atoms with Crippen LogP contribution in [0.25, 0.3) is 11.0 Å². The number of fused-ring (bicyclic) bond motifs is 1. The number of hydrogen-bond acceptors (Lipinski definition) is 2. The lowest BCUT2D eigenvalue weighted by atomic mass is 10.3. The first-order chi connectivity index (χ1) is 8.72. The highest BCUT2D eigenvalue weighted by molar-refractivity contribution is 9.09. The molecule has 1 amide bonds. The molecule has 1 fully saturated rings. The third kappa shape index (κ3) is 2.27. The van der Waals surface area contributed by atoms with Gasteiger partial charge in [0.05, 0.1) is 11.0 Å². The van der Waals surface area contributed by atoms with E-state index in [9.17, 15) is 4.79 Å². The zero-order chi connectivity index (χ0) is 12.5. The second-order valence-corrected chi connectivity index (χ2v) is 5.89. The molecule has 0 spiro atoms. The number of carbonyl (C=O) groups excluding carboxylic acids is 1. The Morgan fingerprint density at radius 1 is 1.44 bits per heavy atom. The summed E-state index contributed by atoms with van der Waals surface area (Å²) >= 11 is 3.49. The van der Waals surface area contributed by atoms with E-state index in [4.69, 9.17) is 0 Å². The van der Waals surface area contributed by atoms with Crippen molar-refractivity contribution in [2.75, 3.05) is 13.1 Å². The third-order valence-electron chi connectivity index (χ3n) is 3.22. The Kier molecular flexibility index (Phi) is 3.07. The van der Waals surface area contributed by atoms with Gasteiger partial charge in [0.25, 0.3) is 0 Å². The maximum absolute atomic E-state index is 11.6. The van der Waals surface area contributed by atoms with Gasteiger partial charge >= 0.3 is 0 Å². The van der Waals surface area contributed by atoms with Crippen LogP contribution in [0.5, 0.6) is 0 Å². The zero-order valence-electron chi connectivity index (χ0n) is 9.90. The fourth-order valence-electron chi connectivity index (χ4n) is 2.30. The molecule has 1 N–H and O–H groups in total. The van der Waals surface area contributed by atoms with Gasteiger partial charge in [0.1, 0.15) is 5.82 Å². The fraction of sp³-hybridized carbons (Fsp3) is 0.385. The van der Waals surface area contributed by atoms with E-state index in [2.05, 4.69) is 25.9 Å². The Hall–Kier alpha value is -1.36. The van der Waals surface area contributed by atoms with Crippen LogP contribution in [-0.4, -0.2) is 38.7 Å². The number of alkyl halides is 1. The van der Waals surface area contributed by atoms with E-state index in [-0.39, 0.29) is 5.91 Å². The Labute approximate surface area is 114 Å². The SMILES string of the molecule is O=C1CC(Br)CN1CCc1nc2ccccc2[nH]1. The number of H-pyrrole nitrogens is 1. The van der Waals surface area contributed by atoms with Gasteiger partial charge in [-0.25, -0.2) is 4.98 Å². The number of hydrogen-bond donors (Lipinski definition) is 1. The summed E-state index contributed by atoms with van der Waals surface area (Å²) in [6.45, 7) is 1.54. The smallest absolute Gasteiger partial charge is 0.223 e. The second-order valence-electron chi connectivity index (χ2n) is 4.59. The minimum absolute atomic E-state index is 0.230. The molecule has 0 radical (unpaired) electrons. The maximum Gasteiger partial charge on any atom is 0.223 e. The van der Waals surface area contributed by atoms with Crippen molar-refractivity contribution in [3.8, 4) is 0 Å². The molecule has 18 heavy (non-hydrogen) atoms. The molecule has 0 aliphatic carbocycles. The average molecular weight is 308 g/mol. The molecular weight excluding hydrogens is 294 g/mol. The number of likely N-dealkylation sites (tertiary alicyclic amines) is 1. The van der Waals surface area contributed by atoms with Gasteiger partial charge in [-0.3, -0.25) is 4.79 Å². The van der Waals surface area contributed by atoms with E-state index in [0.29, 0.717) is 11.2 Å². The van der Waals surface area contributed by atoms with Gasteiger partial charge in [0.2, 0.25) is 5.91 Å². The van der Waals surface area contributed by atoms with Crippen molar-refractivity contribution in [3.63, 3.8) is 0 Å². The van der Waals surface area contributed by atoms with Crippen LogP contribution in [0.4, 0.5) is 0 Å². The minimum Gasteiger partial charge on any atom is -0.342 e. The van der Waals surface area contributed by atoms with Gasteiger partial charge in [0, 0.05) is 30.8 Å². The quantitative estimate of drug-likeness (QED) is 0.883. The predicted molar refractivity (Wildman–Crippen MR) is 73.7 cm³/mol. The van der Waals surface area contributed by atoms with Crippen LogP contribution in [0.1, 0.15) is 12.2 Å². The summed E-state index contributed by atoms with van der Waals surface area (Å²) in [5.41, 5.74) is 2.04. The standard InChI is InChI=1S/C13H14BrN3O/c14-9-7-13(18)17(8-9)6-5-12-15-10-3-1-2-4-11(10)16-12/h1-4,9H,5-8H2,(H,15,16). The number of nitrogens with zero attached hydrogens (tertiary/aromatic N) is 2. The normalized spacial score (nSPS) is 19.9. The van der Waals surface area contributed by atoms with Crippen LogP contribution in [0.15, 0.2) is 24.3 Å². The van der Waals surface area contributed by atoms with Crippen LogP contribution in [-0.2, 0) is 11.2 Å². The van der Waals surface area contributed by atoms with Crippen molar-refractivity contribution in [1.29, 1.82) is 0 Å². The highest BCUT2D eigenvalue weighted by Crippen LogP contribution is 2.18. The van der Waals surface area contributed by atoms with Crippen molar-refractivity contribution in [1.82, 2.24) is 14.9 Å². The van der Waals surface area contributed by atoms with E-state index >= 15 is 0 Å². The molecule has 3 rings (SSSR count). The van der Waals surface area contributed by atoms with Crippen molar-refractivity contribution in [2.24, 2.45) is 0 Å². The zero-order valence-corrected chi connectivity index (χ0v) is 11.5. The van der Waals surface area contributed by atoms with Gasteiger partial charge < -0.3 is 9.88 Å². The Morgan fingerprint density at radius 2 is 2.28 bits per heavy atom. The van der Waals surface area contributed by atoms with Gasteiger partial charge in [0.15, 0.2) is 0 Å². The molecule has 1 aromatic carbocycles. The highest BCUT2D eigenvalue weighted by atomic mass is 79.9. The summed E-state index contributed by atoms with van der Waals surface area (Å²) in [5, 5.41) is 0. The number of benzene rings is 1. The Balaban J connectivity index is 1.68. The first kappa shape index (κ1) is 11.7. The molecule has 4 nitrogen and oxygen atoms in total. The van der Waals surface area contributed by atoms with E-state index in [0.717, 1.165) is 36.4 Å². The summed E-state index contributed by atoms with van der Waals surface area (Å²) in [6, 6.07) is 7.97. The van der Waals surface area contributed by atoms with Crippen LogP contribution < -0.4 is 0 Å². The van der Waals surface area contributed by atoms with Crippen molar-refractivity contribution in [3.05, 3.63) is 30.1 Å². The molecular formula is C13H14BrN3O.